The fourth-order valence-corrected chi connectivity index (χ4v) is 2.95. The summed E-state index contributed by atoms with van der Waals surface area (Å²) < 4.78 is 16.7. The molecule has 1 heterocycles. The van der Waals surface area contributed by atoms with Crippen LogP contribution in [-0.4, -0.2) is 52.6 Å². The largest absolute Gasteiger partial charge is 0.493 e. The molecule has 1 atom stereocenters. The average molecular weight is 364 g/mol. The van der Waals surface area contributed by atoms with Crippen molar-refractivity contribution in [1.29, 1.82) is 0 Å². The first-order chi connectivity index (χ1) is 12.7. The molecule has 26 heavy (non-hydrogen) atoms. The van der Waals surface area contributed by atoms with Crippen molar-refractivity contribution in [3.05, 3.63) is 29.3 Å². The highest BCUT2D eigenvalue weighted by Crippen LogP contribution is 2.20. The predicted octanol–water partition coefficient (Wildman–Crippen LogP) is 2.64. The second-order valence-corrected chi connectivity index (χ2v) is 6.58. The second kappa shape index (κ2) is 11.8. The topological polar surface area (TPSA) is 64.1 Å². The highest BCUT2D eigenvalue weighted by atomic mass is 16.5. The monoisotopic (exact) mass is 363 g/mol. The molecule has 146 valence electrons. The van der Waals surface area contributed by atoms with Crippen LogP contribution in [0.3, 0.4) is 0 Å². The first kappa shape index (κ1) is 20.5. The Bertz CT molecular complexity index is 557. The summed E-state index contributed by atoms with van der Waals surface area (Å²) in [4.78, 5) is 4.30. The van der Waals surface area contributed by atoms with E-state index in [1.807, 2.05) is 0 Å². The Hall–Kier alpha value is -1.79. The van der Waals surface area contributed by atoms with E-state index >= 15 is 0 Å². The molecule has 0 aliphatic carbocycles. The molecule has 0 spiro atoms. The zero-order chi connectivity index (χ0) is 18.6. The van der Waals surface area contributed by atoms with Crippen molar-refractivity contribution in [1.82, 2.24) is 10.6 Å². The van der Waals surface area contributed by atoms with E-state index in [0.717, 1.165) is 43.3 Å². The van der Waals surface area contributed by atoms with Gasteiger partial charge in [-0.25, -0.2) is 0 Å². The lowest BCUT2D eigenvalue weighted by Crippen LogP contribution is -2.38. The van der Waals surface area contributed by atoms with Crippen LogP contribution in [0.5, 0.6) is 5.75 Å². The van der Waals surface area contributed by atoms with Crippen LogP contribution in [0.4, 0.5) is 0 Å². The van der Waals surface area contributed by atoms with Gasteiger partial charge in [-0.15, -0.1) is 0 Å². The fraction of sp³-hybridized carbons (Fsp3) is 0.650. The summed E-state index contributed by atoms with van der Waals surface area (Å²) in [6.45, 7) is 5.86. The van der Waals surface area contributed by atoms with Crippen LogP contribution in [0, 0.1) is 6.92 Å². The molecule has 1 fully saturated rings. The van der Waals surface area contributed by atoms with Gasteiger partial charge in [-0.05, 0) is 37.8 Å². The minimum absolute atomic E-state index is 0.393. The van der Waals surface area contributed by atoms with Gasteiger partial charge in [0.1, 0.15) is 5.75 Å². The Kier molecular flexibility index (Phi) is 9.28. The molecule has 1 aromatic rings. The highest BCUT2D eigenvalue weighted by molar-refractivity contribution is 5.79. The third kappa shape index (κ3) is 7.22. The van der Waals surface area contributed by atoms with Crippen molar-refractivity contribution >= 4 is 5.96 Å². The Labute approximate surface area is 157 Å². The maximum absolute atomic E-state index is 5.94. The molecule has 1 aliphatic rings. The van der Waals surface area contributed by atoms with Gasteiger partial charge in [-0.1, -0.05) is 12.1 Å². The molecule has 0 aromatic heterocycles. The summed E-state index contributed by atoms with van der Waals surface area (Å²) in [6, 6.07) is 6.29. The van der Waals surface area contributed by atoms with Gasteiger partial charge >= 0.3 is 0 Å². The lowest BCUT2D eigenvalue weighted by atomic mass is 10.1. The number of hydrogen-bond donors (Lipinski definition) is 2. The van der Waals surface area contributed by atoms with Gasteiger partial charge in [-0.3, -0.25) is 4.99 Å². The SMILES string of the molecule is CN=C(NCCC1CCCO1)NCc1ccc(C)cc1OCCCOC. The van der Waals surface area contributed by atoms with E-state index in [1.165, 1.54) is 18.4 Å². The van der Waals surface area contributed by atoms with Gasteiger partial charge in [0.05, 0.1) is 12.7 Å². The number of nitrogens with one attached hydrogen (secondary N) is 2. The molecule has 1 unspecified atom stereocenters. The van der Waals surface area contributed by atoms with Gasteiger partial charge in [0, 0.05) is 52.4 Å². The molecule has 2 rings (SSSR count). The van der Waals surface area contributed by atoms with E-state index in [4.69, 9.17) is 14.2 Å². The van der Waals surface area contributed by atoms with Crippen LogP contribution >= 0.6 is 0 Å². The zero-order valence-electron chi connectivity index (χ0n) is 16.3. The van der Waals surface area contributed by atoms with E-state index < -0.39 is 0 Å². The molecule has 0 bridgehead atoms. The van der Waals surface area contributed by atoms with Gasteiger partial charge in [0.15, 0.2) is 5.96 Å². The molecule has 0 amide bonds. The van der Waals surface area contributed by atoms with Crippen molar-refractivity contribution < 1.29 is 14.2 Å². The van der Waals surface area contributed by atoms with Gasteiger partial charge in [-0.2, -0.15) is 0 Å². The molecule has 2 N–H and O–H groups in total. The maximum atomic E-state index is 5.94. The van der Waals surface area contributed by atoms with Crippen LogP contribution in [0.1, 0.15) is 36.8 Å². The van der Waals surface area contributed by atoms with Crippen molar-refractivity contribution in [2.45, 2.75) is 45.3 Å². The summed E-state index contributed by atoms with van der Waals surface area (Å²) in [6.07, 6.45) is 4.63. The second-order valence-electron chi connectivity index (χ2n) is 6.58. The highest BCUT2D eigenvalue weighted by Gasteiger charge is 2.14. The first-order valence-electron chi connectivity index (χ1n) is 9.50. The van der Waals surface area contributed by atoms with E-state index in [0.29, 0.717) is 25.9 Å². The molecular formula is C20H33N3O3. The summed E-state index contributed by atoms with van der Waals surface area (Å²) in [5, 5.41) is 6.72. The normalized spacial score (nSPS) is 17.3. The number of aliphatic imine (C=N–C) groups is 1. The number of methoxy groups -OCH3 is 1. The number of benzene rings is 1. The quantitative estimate of drug-likeness (QED) is 0.380. The van der Waals surface area contributed by atoms with E-state index in [2.05, 4.69) is 40.7 Å². The van der Waals surface area contributed by atoms with Crippen LogP contribution < -0.4 is 15.4 Å². The predicted molar refractivity (Wildman–Crippen MR) is 105 cm³/mol. The third-order valence-electron chi connectivity index (χ3n) is 4.43. The molecule has 0 radical (unpaired) electrons. The summed E-state index contributed by atoms with van der Waals surface area (Å²) in [5.41, 5.74) is 2.31. The molecule has 1 aromatic carbocycles. The first-order valence-corrected chi connectivity index (χ1v) is 9.50. The number of guanidine groups is 1. The maximum Gasteiger partial charge on any atom is 0.191 e. The number of hydrogen-bond acceptors (Lipinski definition) is 4. The summed E-state index contributed by atoms with van der Waals surface area (Å²) in [5.74, 6) is 1.72. The standard InChI is InChI=1S/C20H33N3O3/c1-16-7-8-17(19(14-16)26-13-5-11-24-3)15-23-20(21-2)22-10-9-18-6-4-12-25-18/h7-8,14,18H,4-6,9-13,15H2,1-3H3,(H2,21,22,23). The summed E-state index contributed by atoms with van der Waals surface area (Å²) >= 11 is 0. The molecular weight excluding hydrogens is 330 g/mol. The Morgan fingerprint density at radius 3 is 2.92 bits per heavy atom. The smallest absolute Gasteiger partial charge is 0.191 e. The fourth-order valence-electron chi connectivity index (χ4n) is 2.95. The minimum Gasteiger partial charge on any atom is -0.493 e. The molecule has 6 heteroatoms. The molecule has 1 saturated heterocycles. The zero-order valence-corrected chi connectivity index (χ0v) is 16.3. The van der Waals surface area contributed by atoms with Crippen LogP contribution in [-0.2, 0) is 16.0 Å². The average Bonchev–Trinajstić information content (AvgIpc) is 3.16. The van der Waals surface area contributed by atoms with Gasteiger partial charge in [0.2, 0.25) is 0 Å². The Balaban J connectivity index is 1.79. The van der Waals surface area contributed by atoms with E-state index in [-0.39, 0.29) is 0 Å². The van der Waals surface area contributed by atoms with Crippen molar-refractivity contribution in [3.8, 4) is 5.75 Å². The number of rotatable bonds is 10. The van der Waals surface area contributed by atoms with Crippen LogP contribution in [0.2, 0.25) is 0 Å². The summed E-state index contributed by atoms with van der Waals surface area (Å²) in [7, 11) is 3.50. The van der Waals surface area contributed by atoms with Crippen molar-refractivity contribution in [2.75, 3.05) is 40.5 Å². The van der Waals surface area contributed by atoms with Gasteiger partial charge < -0.3 is 24.8 Å². The number of ether oxygens (including phenoxy) is 3. The Morgan fingerprint density at radius 2 is 2.19 bits per heavy atom. The van der Waals surface area contributed by atoms with Crippen LogP contribution in [0.15, 0.2) is 23.2 Å². The van der Waals surface area contributed by atoms with Gasteiger partial charge in [0.25, 0.3) is 0 Å². The third-order valence-corrected chi connectivity index (χ3v) is 4.43. The molecule has 1 aliphatic heterocycles. The minimum atomic E-state index is 0.393. The molecule has 0 saturated carbocycles. The van der Waals surface area contributed by atoms with Crippen molar-refractivity contribution in [3.63, 3.8) is 0 Å². The van der Waals surface area contributed by atoms with E-state index in [9.17, 15) is 0 Å². The Morgan fingerprint density at radius 1 is 1.31 bits per heavy atom. The van der Waals surface area contributed by atoms with Crippen LogP contribution in [0.25, 0.3) is 0 Å². The number of aryl methyl sites for hydroxylation is 1. The molecule has 6 nitrogen and oxygen atoms in total. The van der Waals surface area contributed by atoms with Crippen molar-refractivity contribution in [2.24, 2.45) is 4.99 Å². The van der Waals surface area contributed by atoms with E-state index in [1.54, 1.807) is 14.2 Å². The lowest BCUT2D eigenvalue weighted by Gasteiger charge is -2.16. The lowest BCUT2D eigenvalue weighted by molar-refractivity contribution is 0.105. The number of nitrogens with zero attached hydrogens (tertiary/aromatic N) is 1.